The van der Waals surface area contributed by atoms with Crippen molar-refractivity contribution in [2.75, 3.05) is 6.54 Å². The normalized spacial score (nSPS) is 18.8. The summed E-state index contributed by atoms with van der Waals surface area (Å²) in [6.45, 7) is 4.91. The molecular weight excluding hydrogens is 208 g/mol. The SMILES string of the molecule is CC(C)(C#N)CCNC1CCc2ccccc21. The second kappa shape index (κ2) is 4.89. The first-order valence-corrected chi connectivity index (χ1v) is 6.35. The molecule has 1 atom stereocenters. The number of hydrogen-bond donors (Lipinski definition) is 1. The lowest BCUT2D eigenvalue weighted by Gasteiger charge is -2.18. The number of hydrogen-bond acceptors (Lipinski definition) is 2. The molecule has 0 saturated carbocycles. The number of nitrogens with zero attached hydrogens (tertiary/aromatic N) is 1. The first-order valence-electron chi connectivity index (χ1n) is 6.35. The van der Waals surface area contributed by atoms with Crippen molar-refractivity contribution in [3.8, 4) is 6.07 Å². The maximum Gasteiger partial charge on any atom is 0.0684 e. The Morgan fingerprint density at radius 1 is 1.41 bits per heavy atom. The van der Waals surface area contributed by atoms with E-state index in [4.69, 9.17) is 5.26 Å². The fourth-order valence-corrected chi connectivity index (χ4v) is 2.38. The van der Waals surface area contributed by atoms with E-state index in [9.17, 15) is 0 Å². The highest BCUT2D eigenvalue weighted by Gasteiger charge is 2.22. The molecule has 1 aliphatic rings. The summed E-state index contributed by atoms with van der Waals surface area (Å²) >= 11 is 0. The molecule has 0 saturated heterocycles. The van der Waals surface area contributed by atoms with Gasteiger partial charge in [-0.1, -0.05) is 24.3 Å². The van der Waals surface area contributed by atoms with Crippen LogP contribution < -0.4 is 5.32 Å². The summed E-state index contributed by atoms with van der Waals surface area (Å²) in [6, 6.07) is 11.5. The number of nitrogens with one attached hydrogen (secondary N) is 1. The third-order valence-electron chi connectivity index (χ3n) is 3.58. The third kappa shape index (κ3) is 2.87. The Kier molecular flexibility index (Phi) is 3.49. The van der Waals surface area contributed by atoms with E-state index in [2.05, 4.69) is 35.7 Å². The Morgan fingerprint density at radius 2 is 2.18 bits per heavy atom. The Balaban J connectivity index is 1.89. The van der Waals surface area contributed by atoms with Gasteiger partial charge in [0.2, 0.25) is 0 Å². The Morgan fingerprint density at radius 3 is 2.94 bits per heavy atom. The van der Waals surface area contributed by atoms with Crippen molar-refractivity contribution in [1.29, 1.82) is 5.26 Å². The van der Waals surface area contributed by atoms with Crippen molar-refractivity contribution in [1.82, 2.24) is 5.32 Å². The van der Waals surface area contributed by atoms with Crippen LogP contribution >= 0.6 is 0 Å². The van der Waals surface area contributed by atoms with E-state index in [-0.39, 0.29) is 5.41 Å². The van der Waals surface area contributed by atoms with Crippen molar-refractivity contribution in [2.45, 2.75) is 39.2 Å². The van der Waals surface area contributed by atoms with Crippen LogP contribution in [0.3, 0.4) is 0 Å². The van der Waals surface area contributed by atoms with E-state index >= 15 is 0 Å². The van der Waals surface area contributed by atoms with Gasteiger partial charge in [0.15, 0.2) is 0 Å². The Labute approximate surface area is 104 Å². The van der Waals surface area contributed by atoms with Gasteiger partial charge < -0.3 is 5.32 Å². The molecule has 0 spiro atoms. The second-order valence-electron chi connectivity index (χ2n) is 5.49. The van der Waals surface area contributed by atoms with Crippen LogP contribution in [0, 0.1) is 16.7 Å². The van der Waals surface area contributed by atoms with Crippen molar-refractivity contribution < 1.29 is 0 Å². The van der Waals surface area contributed by atoms with Gasteiger partial charge in [-0.25, -0.2) is 0 Å². The number of rotatable bonds is 4. The van der Waals surface area contributed by atoms with Gasteiger partial charge in [0.05, 0.1) is 11.5 Å². The summed E-state index contributed by atoms with van der Waals surface area (Å²) in [5, 5.41) is 12.5. The lowest BCUT2D eigenvalue weighted by Crippen LogP contribution is -2.24. The number of fused-ring (bicyclic) bond motifs is 1. The minimum absolute atomic E-state index is 0.217. The van der Waals surface area contributed by atoms with Gasteiger partial charge >= 0.3 is 0 Å². The number of aryl methyl sites for hydroxylation is 1. The fraction of sp³-hybridized carbons (Fsp3) is 0.533. The molecule has 1 aliphatic carbocycles. The molecule has 1 aromatic rings. The molecule has 0 amide bonds. The maximum atomic E-state index is 8.97. The molecule has 0 fully saturated rings. The molecule has 0 aliphatic heterocycles. The average Bonchev–Trinajstić information content (AvgIpc) is 2.73. The number of benzene rings is 1. The van der Waals surface area contributed by atoms with Gasteiger partial charge in [0, 0.05) is 6.04 Å². The minimum atomic E-state index is -0.217. The van der Waals surface area contributed by atoms with Gasteiger partial charge in [0.25, 0.3) is 0 Å². The molecule has 0 heterocycles. The molecule has 1 unspecified atom stereocenters. The van der Waals surface area contributed by atoms with Gasteiger partial charge in [-0.15, -0.1) is 0 Å². The van der Waals surface area contributed by atoms with Crippen LogP contribution in [0.25, 0.3) is 0 Å². The fourth-order valence-electron chi connectivity index (χ4n) is 2.38. The highest BCUT2D eigenvalue weighted by atomic mass is 14.9. The van der Waals surface area contributed by atoms with Crippen LogP contribution in [0.1, 0.15) is 43.9 Å². The predicted molar refractivity (Wildman–Crippen MR) is 69.5 cm³/mol. The van der Waals surface area contributed by atoms with Crippen molar-refractivity contribution in [3.63, 3.8) is 0 Å². The molecule has 0 bridgehead atoms. The van der Waals surface area contributed by atoms with E-state index in [1.165, 1.54) is 24.0 Å². The summed E-state index contributed by atoms with van der Waals surface area (Å²) in [7, 11) is 0. The van der Waals surface area contributed by atoms with E-state index in [1.54, 1.807) is 0 Å². The average molecular weight is 228 g/mol. The largest absolute Gasteiger partial charge is 0.310 e. The third-order valence-corrected chi connectivity index (χ3v) is 3.58. The Hall–Kier alpha value is -1.33. The summed E-state index contributed by atoms with van der Waals surface area (Å²) < 4.78 is 0. The predicted octanol–water partition coefficient (Wildman–Crippen LogP) is 3.20. The molecular formula is C15H20N2. The summed E-state index contributed by atoms with van der Waals surface area (Å²) in [6.07, 6.45) is 3.27. The zero-order chi connectivity index (χ0) is 12.3. The smallest absolute Gasteiger partial charge is 0.0684 e. The second-order valence-corrected chi connectivity index (χ2v) is 5.49. The Bertz CT molecular complexity index is 429. The molecule has 17 heavy (non-hydrogen) atoms. The molecule has 90 valence electrons. The first kappa shape index (κ1) is 12.1. The number of nitriles is 1. The van der Waals surface area contributed by atoms with E-state index in [1.807, 2.05) is 13.8 Å². The zero-order valence-corrected chi connectivity index (χ0v) is 10.7. The quantitative estimate of drug-likeness (QED) is 0.859. The molecule has 2 heteroatoms. The van der Waals surface area contributed by atoms with Crippen molar-refractivity contribution >= 4 is 0 Å². The van der Waals surface area contributed by atoms with E-state index in [0.29, 0.717) is 6.04 Å². The van der Waals surface area contributed by atoms with Crippen LogP contribution in [-0.2, 0) is 6.42 Å². The lowest BCUT2D eigenvalue weighted by atomic mass is 9.91. The highest BCUT2D eigenvalue weighted by molar-refractivity contribution is 5.34. The lowest BCUT2D eigenvalue weighted by molar-refractivity contribution is 0.409. The maximum absolute atomic E-state index is 8.97. The van der Waals surface area contributed by atoms with Crippen molar-refractivity contribution in [2.24, 2.45) is 5.41 Å². The monoisotopic (exact) mass is 228 g/mol. The van der Waals surface area contributed by atoms with Crippen LogP contribution in [-0.4, -0.2) is 6.54 Å². The van der Waals surface area contributed by atoms with Gasteiger partial charge in [-0.2, -0.15) is 5.26 Å². The molecule has 1 N–H and O–H groups in total. The van der Waals surface area contributed by atoms with Gasteiger partial charge in [-0.3, -0.25) is 0 Å². The molecule has 2 nitrogen and oxygen atoms in total. The van der Waals surface area contributed by atoms with Crippen LogP contribution in [0.15, 0.2) is 24.3 Å². The van der Waals surface area contributed by atoms with E-state index < -0.39 is 0 Å². The molecule has 0 radical (unpaired) electrons. The summed E-state index contributed by atoms with van der Waals surface area (Å²) in [5.74, 6) is 0. The van der Waals surface area contributed by atoms with Crippen LogP contribution in [0.5, 0.6) is 0 Å². The minimum Gasteiger partial charge on any atom is -0.310 e. The molecule has 1 aromatic carbocycles. The standard InChI is InChI=1S/C15H20N2/c1-15(2,11-16)9-10-17-14-8-7-12-5-3-4-6-13(12)14/h3-6,14,17H,7-10H2,1-2H3. The summed E-state index contributed by atoms with van der Waals surface area (Å²) in [5.41, 5.74) is 2.71. The molecule has 0 aromatic heterocycles. The van der Waals surface area contributed by atoms with Gasteiger partial charge in [0.1, 0.15) is 0 Å². The summed E-state index contributed by atoms with van der Waals surface area (Å²) in [4.78, 5) is 0. The van der Waals surface area contributed by atoms with Crippen molar-refractivity contribution in [3.05, 3.63) is 35.4 Å². The van der Waals surface area contributed by atoms with Gasteiger partial charge in [-0.05, 0) is 50.8 Å². The first-order chi connectivity index (χ1) is 8.12. The van der Waals surface area contributed by atoms with Crippen LogP contribution in [0.4, 0.5) is 0 Å². The highest BCUT2D eigenvalue weighted by Crippen LogP contribution is 2.30. The topological polar surface area (TPSA) is 35.8 Å². The van der Waals surface area contributed by atoms with Crippen LogP contribution in [0.2, 0.25) is 0 Å². The zero-order valence-electron chi connectivity index (χ0n) is 10.7. The van der Waals surface area contributed by atoms with E-state index in [0.717, 1.165) is 13.0 Å². The molecule has 2 rings (SSSR count).